The van der Waals surface area contributed by atoms with Gasteiger partial charge in [-0.2, -0.15) is 4.31 Å². The first-order chi connectivity index (χ1) is 11.8. The van der Waals surface area contributed by atoms with Crippen molar-refractivity contribution in [3.05, 3.63) is 54.0 Å². The van der Waals surface area contributed by atoms with Crippen molar-refractivity contribution in [2.75, 3.05) is 20.4 Å². The summed E-state index contributed by atoms with van der Waals surface area (Å²) < 4.78 is 40.4. The Morgan fingerprint density at radius 1 is 1.16 bits per heavy atom. The number of benzene rings is 1. The molecule has 0 aliphatic heterocycles. The normalized spacial score (nSPS) is 11.3. The van der Waals surface area contributed by atoms with E-state index in [1.165, 1.54) is 30.7 Å². The lowest BCUT2D eigenvalue weighted by Crippen LogP contribution is -2.38. The van der Waals surface area contributed by atoms with Gasteiger partial charge in [-0.3, -0.25) is 4.79 Å². The Balaban J connectivity index is 2.20. The van der Waals surface area contributed by atoms with E-state index in [2.05, 4.69) is 4.74 Å². The molecule has 8 nitrogen and oxygen atoms in total. The second kappa shape index (κ2) is 7.95. The number of carbonyl (C=O) groups excluding carboxylic acids is 2. The van der Waals surface area contributed by atoms with Crippen LogP contribution in [0.3, 0.4) is 0 Å². The minimum Gasteiger partial charge on any atom is -0.472 e. The smallest absolute Gasteiger partial charge is 0.342 e. The maximum Gasteiger partial charge on any atom is 0.342 e. The van der Waals surface area contributed by atoms with Crippen molar-refractivity contribution in [1.82, 2.24) is 4.31 Å². The molecule has 134 valence electrons. The molecule has 0 saturated carbocycles. The third-order valence-corrected chi connectivity index (χ3v) is 5.07. The summed E-state index contributed by atoms with van der Waals surface area (Å²) in [5.41, 5.74) is 1.01. The first kappa shape index (κ1) is 18.7. The van der Waals surface area contributed by atoms with Crippen LogP contribution in [0.2, 0.25) is 0 Å². The number of esters is 2. The summed E-state index contributed by atoms with van der Waals surface area (Å²) in [7, 11) is -2.92. The molecule has 0 fully saturated rings. The molecule has 0 radical (unpaired) electrons. The van der Waals surface area contributed by atoms with Gasteiger partial charge in [0.1, 0.15) is 12.8 Å². The topological polar surface area (TPSA) is 103 Å². The summed E-state index contributed by atoms with van der Waals surface area (Å²) in [4.78, 5) is 23.4. The van der Waals surface area contributed by atoms with Gasteiger partial charge in [0, 0.05) is 0 Å². The number of nitrogens with zero attached hydrogens (tertiary/aromatic N) is 1. The third-order valence-electron chi connectivity index (χ3n) is 3.29. The first-order valence-corrected chi connectivity index (χ1v) is 8.61. The van der Waals surface area contributed by atoms with Gasteiger partial charge in [0.2, 0.25) is 10.0 Å². The van der Waals surface area contributed by atoms with Crippen molar-refractivity contribution in [2.45, 2.75) is 11.8 Å². The van der Waals surface area contributed by atoms with Crippen LogP contribution in [-0.4, -0.2) is 45.0 Å². The molecule has 2 aromatic rings. The molecule has 0 unspecified atom stereocenters. The molecule has 0 amide bonds. The zero-order valence-corrected chi connectivity index (χ0v) is 14.5. The molecule has 2 rings (SSSR count). The van der Waals surface area contributed by atoms with Gasteiger partial charge in [0.25, 0.3) is 0 Å². The molecule has 0 bridgehead atoms. The molecular weight excluding hydrogens is 350 g/mol. The fourth-order valence-electron chi connectivity index (χ4n) is 1.86. The van der Waals surface area contributed by atoms with Crippen LogP contribution in [0.15, 0.2) is 52.2 Å². The number of rotatable bonds is 7. The van der Waals surface area contributed by atoms with E-state index in [4.69, 9.17) is 9.15 Å². The van der Waals surface area contributed by atoms with Crippen molar-refractivity contribution in [1.29, 1.82) is 0 Å². The molecule has 25 heavy (non-hydrogen) atoms. The van der Waals surface area contributed by atoms with Crippen LogP contribution >= 0.6 is 0 Å². The largest absolute Gasteiger partial charge is 0.472 e. The fourth-order valence-corrected chi connectivity index (χ4v) is 3.11. The minimum absolute atomic E-state index is 0.0265. The van der Waals surface area contributed by atoms with Crippen LogP contribution in [0.25, 0.3) is 0 Å². The zero-order valence-electron chi connectivity index (χ0n) is 13.7. The number of sulfonamides is 1. The Bertz CT molecular complexity index is 826. The monoisotopic (exact) mass is 367 g/mol. The molecule has 0 saturated heterocycles. The van der Waals surface area contributed by atoms with Crippen LogP contribution < -0.4 is 0 Å². The number of methoxy groups -OCH3 is 1. The number of ether oxygens (including phenoxy) is 2. The van der Waals surface area contributed by atoms with Gasteiger partial charge in [-0.05, 0) is 25.1 Å². The van der Waals surface area contributed by atoms with Crippen molar-refractivity contribution in [3.63, 3.8) is 0 Å². The van der Waals surface area contributed by atoms with Crippen molar-refractivity contribution < 1.29 is 31.9 Å². The van der Waals surface area contributed by atoms with Gasteiger partial charge in [-0.15, -0.1) is 0 Å². The molecule has 0 aliphatic carbocycles. The van der Waals surface area contributed by atoms with Crippen LogP contribution in [0, 0.1) is 6.92 Å². The average Bonchev–Trinajstić information content (AvgIpc) is 3.13. The van der Waals surface area contributed by atoms with Crippen LogP contribution in [-0.2, 0) is 24.3 Å². The molecule has 0 N–H and O–H groups in total. The van der Waals surface area contributed by atoms with E-state index in [1.54, 1.807) is 12.1 Å². The summed E-state index contributed by atoms with van der Waals surface area (Å²) in [6, 6.07) is 7.45. The number of carbonyl (C=O) groups is 2. The lowest BCUT2D eigenvalue weighted by atomic mass is 10.2. The average molecular weight is 367 g/mol. The van der Waals surface area contributed by atoms with E-state index in [0.717, 1.165) is 17.0 Å². The maximum atomic E-state index is 12.7. The van der Waals surface area contributed by atoms with E-state index in [-0.39, 0.29) is 10.5 Å². The van der Waals surface area contributed by atoms with Crippen LogP contribution in [0.5, 0.6) is 0 Å². The highest BCUT2D eigenvalue weighted by atomic mass is 32.2. The Hall–Kier alpha value is -2.65. The van der Waals surface area contributed by atoms with Crippen molar-refractivity contribution >= 4 is 22.0 Å². The standard InChI is InChI=1S/C16H17NO7S/c1-12-3-5-14(6-4-12)25(20,21)17(9-15(18)22-2)11-24-16(19)13-7-8-23-10-13/h3-8,10H,9,11H2,1-2H3. The highest BCUT2D eigenvalue weighted by Gasteiger charge is 2.28. The van der Waals surface area contributed by atoms with Gasteiger partial charge in [0.05, 0.1) is 23.8 Å². The molecule has 1 aromatic carbocycles. The van der Waals surface area contributed by atoms with Crippen molar-refractivity contribution in [3.8, 4) is 0 Å². The number of furan rings is 1. The lowest BCUT2D eigenvalue weighted by molar-refractivity contribution is -0.141. The molecule has 0 atom stereocenters. The Morgan fingerprint density at radius 2 is 1.84 bits per heavy atom. The first-order valence-electron chi connectivity index (χ1n) is 7.17. The number of hydrogen-bond donors (Lipinski definition) is 0. The van der Waals surface area contributed by atoms with E-state index in [1.807, 2.05) is 6.92 Å². The molecular formula is C16H17NO7S. The number of hydrogen-bond acceptors (Lipinski definition) is 7. The van der Waals surface area contributed by atoms with Gasteiger partial charge in [-0.25, -0.2) is 13.2 Å². The second-order valence-electron chi connectivity index (χ2n) is 5.08. The molecule has 1 aromatic heterocycles. The molecule has 0 spiro atoms. The minimum atomic E-state index is -4.06. The Kier molecular flexibility index (Phi) is 5.94. The highest BCUT2D eigenvalue weighted by molar-refractivity contribution is 7.89. The predicted molar refractivity (Wildman–Crippen MR) is 86.1 cm³/mol. The quantitative estimate of drug-likeness (QED) is 0.540. The van der Waals surface area contributed by atoms with Crippen molar-refractivity contribution in [2.24, 2.45) is 0 Å². The molecule has 1 heterocycles. The summed E-state index contributed by atoms with van der Waals surface area (Å²) in [5, 5.41) is 0. The number of aryl methyl sites for hydroxylation is 1. The van der Waals surface area contributed by atoms with E-state index >= 15 is 0 Å². The second-order valence-corrected chi connectivity index (χ2v) is 7.02. The fraction of sp³-hybridized carbons (Fsp3) is 0.250. The Morgan fingerprint density at radius 3 is 2.40 bits per heavy atom. The van der Waals surface area contributed by atoms with E-state index < -0.39 is 35.2 Å². The van der Waals surface area contributed by atoms with E-state index in [9.17, 15) is 18.0 Å². The molecule has 9 heteroatoms. The summed E-state index contributed by atoms with van der Waals surface area (Å²) in [6.45, 7) is 0.579. The lowest BCUT2D eigenvalue weighted by Gasteiger charge is -2.20. The van der Waals surface area contributed by atoms with E-state index in [0.29, 0.717) is 0 Å². The van der Waals surface area contributed by atoms with Gasteiger partial charge in [-0.1, -0.05) is 17.7 Å². The Labute approximate surface area is 145 Å². The van der Waals surface area contributed by atoms with Crippen LogP contribution in [0.4, 0.5) is 0 Å². The summed E-state index contributed by atoms with van der Waals surface area (Å²) in [5.74, 6) is -1.56. The summed E-state index contributed by atoms with van der Waals surface area (Å²) in [6.07, 6.45) is 2.45. The zero-order chi connectivity index (χ0) is 18.4. The van der Waals surface area contributed by atoms with Gasteiger partial charge >= 0.3 is 11.9 Å². The SMILES string of the molecule is COC(=O)CN(COC(=O)c1ccoc1)S(=O)(=O)c1ccc(C)cc1. The predicted octanol–water partition coefficient (Wildman–Crippen LogP) is 1.57. The van der Waals surface area contributed by atoms with Gasteiger partial charge < -0.3 is 13.9 Å². The maximum absolute atomic E-state index is 12.7. The van der Waals surface area contributed by atoms with Gasteiger partial charge in [0.15, 0.2) is 6.73 Å². The summed E-state index contributed by atoms with van der Waals surface area (Å²) >= 11 is 0. The molecule has 0 aliphatic rings. The highest BCUT2D eigenvalue weighted by Crippen LogP contribution is 2.17. The third kappa shape index (κ3) is 4.68. The van der Waals surface area contributed by atoms with Crippen LogP contribution in [0.1, 0.15) is 15.9 Å².